The number of amides is 1. The van der Waals surface area contributed by atoms with Crippen molar-refractivity contribution >= 4 is 40.5 Å². The van der Waals surface area contributed by atoms with Crippen LogP contribution in [-0.4, -0.2) is 15.8 Å². The predicted octanol–water partition coefficient (Wildman–Crippen LogP) is 3.86. The van der Waals surface area contributed by atoms with Crippen molar-refractivity contribution in [1.82, 2.24) is 4.98 Å². The van der Waals surface area contributed by atoms with Crippen LogP contribution in [-0.2, 0) is 0 Å². The van der Waals surface area contributed by atoms with E-state index in [1.54, 1.807) is 19.2 Å². The second-order valence-electron chi connectivity index (χ2n) is 4.19. The molecule has 21 heavy (non-hydrogen) atoms. The van der Waals surface area contributed by atoms with Crippen LogP contribution in [0.5, 0.6) is 0 Å². The first-order valence-electron chi connectivity index (χ1n) is 5.75. The number of pyridine rings is 1. The van der Waals surface area contributed by atoms with Crippen LogP contribution in [0.15, 0.2) is 30.6 Å². The molecule has 6 nitrogen and oxygen atoms in total. The van der Waals surface area contributed by atoms with Gasteiger partial charge in [-0.15, -0.1) is 0 Å². The Kier molecular flexibility index (Phi) is 4.40. The van der Waals surface area contributed by atoms with E-state index in [4.69, 9.17) is 23.2 Å². The first-order chi connectivity index (χ1) is 9.90. The van der Waals surface area contributed by atoms with Gasteiger partial charge in [0.25, 0.3) is 11.6 Å². The number of carbonyl (C=O) groups is 1. The van der Waals surface area contributed by atoms with Crippen LogP contribution < -0.4 is 5.32 Å². The Morgan fingerprint density at radius 1 is 1.38 bits per heavy atom. The molecule has 0 bridgehead atoms. The lowest BCUT2D eigenvalue weighted by Gasteiger charge is -2.09. The van der Waals surface area contributed by atoms with Gasteiger partial charge in [0.15, 0.2) is 0 Å². The number of rotatable bonds is 3. The molecule has 0 aliphatic heterocycles. The Balaban J connectivity index is 2.39. The third-order valence-electron chi connectivity index (χ3n) is 2.74. The number of nitro groups is 1. The molecule has 0 aliphatic rings. The summed E-state index contributed by atoms with van der Waals surface area (Å²) >= 11 is 11.8. The van der Waals surface area contributed by atoms with Gasteiger partial charge in [0.05, 0.1) is 20.5 Å². The molecule has 1 heterocycles. The van der Waals surface area contributed by atoms with Crippen molar-refractivity contribution < 1.29 is 9.72 Å². The highest BCUT2D eigenvalue weighted by Gasteiger charge is 2.19. The fourth-order valence-corrected chi connectivity index (χ4v) is 2.06. The van der Waals surface area contributed by atoms with Gasteiger partial charge >= 0.3 is 0 Å². The fraction of sp³-hybridized carbons (Fsp3) is 0.0769. The van der Waals surface area contributed by atoms with Gasteiger partial charge in [0.1, 0.15) is 0 Å². The van der Waals surface area contributed by atoms with E-state index in [9.17, 15) is 14.9 Å². The number of halogens is 2. The summed E-state index contributed by atoms with van der Waals surface area (Å²) in [6.07, 6.45) is 3.10. The Labute approximate surface area is 129 Å². The molecule has 1 amide bonds. The number of aromatic nitrogens is 1. The number of carbonyl (C=O) groups excluding carboxylic acids is 1. The van der Waals surface area contributed by atoms with Gasteiger partial charge in [-0.1, -0.05) is 23.2 Å². The average Bonchev–Trinajstić information content (AvgIpc) is 2.43. The lowest BCUT2D eigenvalue weighted by molar-refractivity contribution is -0.384. The van der Waals surface area contributed by atoms with Gasteiger partial charge in [-0.2, -0.15) is 0 Å². The van der Waals surface area contributed by atoms with E-state index >= 15 is 0 Å². The number of benzene rings is 1. The molecule has 0 unspecified atom stereocenters. The van der Waals surface area contributed by atoms with Crippen molar-refractivity contribution in [3.63, 3.8) is 0 Å². The van der Waals surface area contributed by atoms with Crippen molar-refractivity contribution in [2.45, 2.75) is 6.92 Å². The van der Waals surface area contributed by atoms with E-state index in [-0.39, 0.29) is 21.3 Å². The molecule has 0 aliphatic carbocycles. The quantitative estimate of drug-likeness (QED) is 0.685. The first kappa shape index (κ1) is 15.2. The van der Waals surface area contributed by atoms with Gasteiger partial charge in [-0.25, -0.2) is 0 Å². The number of aryl methyl sites for hydroxylation is 1. The van der Waals surface area contributed by atoms with Gasteiger partial charge in [0, 0.05) is 30.2 Å². The van der Waals surface area contributed by atoms with Gasteiger partial charge in [-0.05, 0) is 18.6 Å². The number of nitrogens with one attached hydrogen (secondary N) is 1. The van der Waals surface area contributed by atoms with Crippen molar-refractivity contribution in [1.29, 1.82) is 0 Å². The molecule has 2 rings (SSSR count). The molecule has 0 atom stereocenters. The Morgan fingerprint density at radius 3 is 2.71 bits per heavy atom. The summed E-state index contributed by atoms with van der Waals surface area (Å²) in [5.74, 6) is -0.583. The minimum atomic E-state index is -0.642. The topological polar surface area (TPSA) is 85.1 Å². The predicted molar refractivity (Wildman–Crippen MR) is 80.0 cm³/mol. The maximum Gasteiger partial charge on any atom is 0.271 e. The Bertz CT molecular complexity index is 735. The molecule has 1 aromatic heterocycles. The van der Waals surface area contributed by atoms with Gasteiger partial charge in [0.2, 0.25) is 0 Å². The van der Waals surface area contributed by atoms with E-state index in [0.717, 1.165) is 17.7 Å². The lowest BCUT2D eigenvalue weighted by Crippen LogP contribution is -2.14. The largest absolute Gasteiger partial charge is 0.322 e. The SMILES string of the molecule is Cc1cnccc1NC(=O)c1cc([N+](=O)[O-])cc(Cl)c1Cl. The molecule has 1 N–H and O–H groups in total. The molecule has 0 radical (unpaired) electrons. The summed E-state index contributed by atoms with van der Waals surface area (Å²) in [6, 6.07) is 3.79. The van der Waals surface area contributed by atoms with Crippen LogP contribution in [0.2, 0.25) is 10.0 Å². The second kappa shape index (κ2) is 6.07. The molecule has 108 valence electrons. The summed E-state index contributed by atoms with van der Waals surface area (Å²) < 4.78 is 0. The molecule has 0 saturated heterocycles. The zero-order valence-electron chi connectivity index (χ0n) is 10.8. The van der Waals surface area contributed by atoms with Gasteiger partial charge in [-0.3, -0.25) is 19.9 Å². The standard InChI is InChI=1S/C13H9Cl2N3O3/c1-7-6-16-3-2-11(7)17-13(19)9-4-8(18(20)21)5-10(14)12(9)15/h2-6H,1H3,(H,16,17,19). The van der Waals surface area contributed by atoms with Gasteiger partial charge < -0.3 is 5.32 Å². The van der Waals surface area contributed by atoms with Crippen LogP contribution >= 0.6 is 23.2 Å². The van der Waals surface area contributed by atoms with E-state index in [0.29, 0.717) is 5.69 Å². The maximum atomic E-state index is 12.2. The maximum absolute atomic E-state index is 12.2. The average molecular weight is 326 g/mol. The molecule has 2 aromatic rings. The fourth-order valence-electron chi connectivity index (χ4n) is 1.65. The van der Waals surface area contributed by atoms with Crippen LogP contribution in [0.3, 0.4) is 0 Å². The molecular formula is C13H9Cl2N3O3. The number of nitrogens with zero attached hydrogens (tertiary/aromatic N) is 2. The first-order valence-corrected chi connectivity index (χ1v) is 6.51. The van der Waals surface area contributed by atoms with Crippen LogP contribution in [0.1, 0.15) is 15.9 Å². The monoisotopic (exact) mass is 325 g/mol. The lowest BCUT2D eigenvalue weighted by atomic mass is 10.1. The Hall–Kier alpha value is -2.18. The summed E-state index contributed by atoms with van der Waals surface area (Å²) in [4.78, 5) is 26.3. The number of non-ortho nitro benzene ring substituents is 1. The summed E-state index contributed by atoms with van der Waals surface area (Å²) in [6.45, 7) is 1.77. The number of nitro benzene ring substituents is 1. The van der Waals surface area contributed by atoms with E-state index in [1.165, 1.54) is 6.20 Å². The molecule has 0 fully saturated rings. The highest BCUT2D eigenvalue weighted by Crippen LogP contribution is 2.31. The summed E-state index contributed by atoms with van der Waals surface area (Å²) in [5.41, 5.74) is 0.917. The highest BCUT2D eigenvalue weighted by molar-refractivity contribution is 6.44. The van der Waals surface area contributed by atoms with E-state index in [1.807, 2.05) is 0 Å². The zero-order chi connectivity index (χ0) is 15.6. The van der Waals surface area contributed by atoms with Crippen LogP contribution in [0.4, 0.5) is 11.4 Å². The van der Waals surface area contributed by atoms with Crippen molar-refractivity contribution in [2.24, 2.45) is 0 Å². The minimum Gasteiger partial charge on any atom is -0.322 e. The molecular weight excluding hydrogens is 317 g/mol. The van der Waals surface area contributed by atoms with Crippen LogP contribution in [0.25, 0.3) is 0 Å². The normalized spacial score (nSPS) is 10.2. The van der Waals surface area contributed by atoms with E-state index in [2.05, 4.69) is 10.3 Å². The third kappa shape index (κ3) is 3.29. The van der Waals surface area contributed by atoms with Crippen molar-refractivity contribution in [3.8, 4) is 0 Å². The third-order valence-corrected chi connectivity index (χ3v) is 3.54. The Morgan fingerprint density at radius 2 is 2.10 bits per heavy atom. The van der Waals surface area contributed by atoms with Crippen LogP contribution in [0, 0.1) is 17.0 Å². The molecule has 8 heteroatoms. The highest BCUT2D eigenvalue weighted by atomic mass is 35.5. The number of hydrogen-bond donors (Lipinski definition) is 1. The van der Waals surface area contributed by atoms with Crippen molar-refractivity contribution in [3.05, 3.63) is 61.9 Å². The number of hydrogen-bond acceptors (Lipinski definition) is 4. The second-order valence-corrected chi connectivity index (χ2v) is 4.98. The summed E-state index contributed by atoms with van der Waals surface area (Å²) in [5, 5.41) is 13.3. The zero-order valence-corrected chi connectivity index (χ0v) is 12.3. The summed E-state index contributed by atoms with van der Waals surface area (Å²) in [7, 11) is 0. The molecule has 0 spiro atoms. The molecule has 0 saturated carbocycles. The van der Waals surface area contributed by atoms with E-state index < -0.39 is 10.8 Å². The van der Waals surface area contributed by atoms with Crippen molar-refractivity contribution in [2.75, 3.05) is 5.32 Å². The smallest absolute Gasteiger partial charge is 0.271 e. The minimum absolute atomic E-state index is 0.0357. The number of anilines is 1. The molecule has 1 aromatic carbocycles.